The van der Waals surface area contributed by atoms with Gasteiger partial charge in [0.25, 0.3) is 11.8 Å². The number of amides is 6. The summed E-state index contributed by atoms with van der Waals surface area (Å²) in [5.74, 6) is 2.22. The van der Waals surface area contributed by atoms with E-state index in [1.165, 1.54) is 21.9 Å². The molecule has 2 saturated heterocycles. The van der Waals surface area contributed by atoms with Crippen molar-refractivity contribution < 1.29 is 38.9 Å². The number of rotatable bonds is 20. The number of aryl methyl sites for hydroxylation is 2. The van der Waals surface area contributed by atoms with E-state index in [2.05, 4.69) is 113 Å². The van der Waals surface area contributed by atoms with Gasteiger partial charge in [-0.3, -0.25) is 19.4 Å². The number of aliphatic hydroxyl groups excluding tert-OH is 2. The van der Waals surface area contributed by atoms with Gasteiger partial charge in [0.2, 0.25) is 0 Å². The number of fused-ring (bicyclic) bond motifs is 2. The van der Waals surface area contributed by atoms with Crippen molar-refractivity contribution in [1.29, 1.82) is 0 Å². The van der Waals surface area contributed by atoms with E-state index < -0.39 is 0 Å². The summed E-state index contributed by atoms with van der Waals surface area (Å²) in [6.07, 6.45) is 9.02. The number of carbonyl (C=O) groups is 4. The third-order valence-electron chi connectivity index (χ3n) is 17.6. The third-order valence-corrected chi connectivity index (χ3v) is 17.6. The largest absolute Gasteiger partial charge is 0.457 e. The van der Waals surface area contributed by atoms with Gasteiger partial charge in [0.15, 0.2) is 0 Å². The van der Waals surface area contributed by atoms with Gasteiger partial charge >= 0.3 is 12.1 Å². The fourth-order valence-electron chi connectivity index (χ4n) is 12.2. The maximum Gasteiger partial charge on any atom is 0.319 e. The SMILES string of the molecule is CCC(CC)NC(=O)Nc1ccc(Oc2ccc(NC(=O)c3ccc(-n4cc(CN5CCC(O)CC5)c5ccccc54)cc3)cc2C)cc1.Cc1cc(NC(=O)c2ccc(-n3cc(CN4CCC(O)CC4)c4ccccc43)cc2)ccc1Oc1ccc(NC(=O)NC(C)C)cc1. The smallest absolute Gasteiger partial charge is 0.319 e. The Bertz CT molecular complexity index is 4300. The summed E-state index contributed by atoms with van der Waals surface area (Å²) < 4.78 is 16.5. The quantitative estimate of drug-likeness (QED) is 0.0361. The molecule has 96 heavy (non-hydrogen) atoms. The van der Waals surface area contributed by atoms with Crippen molar-refractivity contribution in [1.82, 2.24) is 29.6 Å². The summed E-state index contributed by atoms with van der Waals surface area (Å²) in [5, 5.41) is 39.7. The third kappa shape index (κ3) is 17.4. The number of nitrogens with one attached hydrogen (secondary N) is 6. The monoisotopic (exact) mass is 1290 g/mol. The molecule has 0 aliphatic carbocycles. The number of benzene rings is 8. The van der Waals surface area contributed by atoms with Crippen molar-refractivity contribution in [3.8, 4) is 34.4 Å². The van der Waals surface area contributed by atoms with Crippen LogP contribution in [0, 0.1) is 13.8 Å². The van der Waals surface area contributed by atoms with Gasteiger partial charge in [-0.25, -0.2) is 9.59 Å². The number of hydrogen-bond acceptors (Lipinski definition) is 10. The van der Waals surface area contributed by atoms with Gasteiger partial charge in [-0.15, -0.1) is 0 Å². The van der Waals surface area contributed by atoms with Crippen LogP contribution in [0.1, 0.15) is 109 Å². The van der Waals surface area contributed by atoms with E-state index in [0.717, 1.165) is 111 Å². The minimum atomic E-state index is -0.256. The number of nitrogens with zero attached hydrogens (tertiary/aromatic N) is 4. The van der Waals surface area contributed by atoms with Gasteiger partial charge < -0.3 is 60.7 Å². The molecule has 8 aromatic carbocycles. The first-order chi connectivity index (χ1) is 46.5. The molecule has 4 heterocycles. The minimum Gasteiger partial charge on any atom is -0.457 e. The predicted octanol–water partition coefficient (Wildman–Crippen LogP) is 15.7. The lowest BCUT2D eigenvalue weighted by Gasteiger charge is -2.29. The number of anilines is 4. The second-order valence-electron chi connectivity index (χ2n) is 25.2. The Morgan fingerprint density at radius 2 is 0.844 bits per heavy atom. The Balaban J connectivity index is 0.000000195. The summed E-state index contributed by atoms with van der Waals surface area (Å²) >= 11 is 0. The van der Waals surface area contributed by atoms with E-state index >= 15 is 0 Å². The first-order valence-corrected chi connectivity index (χ1v) is 33.3. The fraction of sp³-hybridized carbons (Fsp3) is 0.282. The number of likely N-dealkylation sites (tertiary alicyclic amines) is 2. The highest BCUT2D eigenvalue weighted by molar-refractivity contribution is 6.05. The number of hydrogen-bond donors (Lipinski definition) is 8. The molecule has 6 amide bonds. The highest BCUT2D eigenvalue weighted by Crippen LogP contribution is 2.33. The Morgan fingerprint density at radius 3 is 1.22 bits per heavy atom. The van der Waals surface area contributed by atoms with Gasteiger partial charge in [-0.2, -0.15) is 0 Å². The lowest BCUT2D eigenvalue weighted by atomic mass is 10.1. The Hall–Kier alpha value is -10.2. The average Bonchev–Trinajstić information content (AvgIpc) is 1.63. The van der Waals surface area contributed by atoms with Crippen molar-refractivity contribution in [3.05, 3.63) is 228 Å². The van der Waals surface area contributed by atoms with Gasteiger partial charge in [-0.1, -0.05) is 50.2 Å². The zero-order valence-corrected chi connectivity index (χ0v) is 55.4. The van der Waals surface area contributed by atoms with Gasteiger partial charge in [-0.05, 0) is 234 Å². The summed E-state index contributed by atoms with van der Waals surface area (Å²) in [7, 11) is 0. The molecule has 2 aliphatic heterocycles. The van der Waals surface area contributed by atoms with E-state index in [-0.39, 0.29) is 48.2 Å². The number of urea groups is 2. The Labute approximate surface area is 561 Å². The minimum absolute atomic E-state index is 0.0479. The molecule has 2 fully saturated rings. The molecular weight excluding hydrogens is 1200 g/mol. The molecule has 0 spiro atoms. The first-order valence-electron chi connectivity index (χ1n) is 33.3. The number of aromatic nitrogens is 2. The fourth-order valence-corrected chi connectivity index (χ4v) is 12.2. The molecule has 0 radical (unpaired) electrons. The predicted molar refractivity (Wildman–Crippen MR) is 383 cm³/mol. The van der Waals surface area contributed by atoms with E-state index in [9.17, 15) is 29.4 Å². The van der Waals surface area contributed by atoms with Crippen LogP contribution in [0.3, 0.4) is 0 Å². The second kappa shape index (κ2) is 31.3. The lowest BCUT2D eigenvalue weighted by Crippen LogP contribution is -2.37. The van der Waals surface area contributed by atoms with Crippen molar-refractivity contribution in [2.75, 3.05) is 47.4 Å². The maximum absolute atomic E-state index is 13.2. The zero-order chi connectivity index (χ0) is 67.2. The van der Waals surface area contributed by atoms with E-state index in [1.54, 1.807) is 36.4 Å². The molecule has 0 bridgehead atoms. The average molecular weight is 1290 g/mol. The maximum atomic E-state index is 13.2. The first kappa shape index (κ1) is 67.2. The van der Waals surface area contributed by atoms with E-state index in [0.29, 0.717) is 56.9 Å². The molecular formula is C78H86N10O8. The Morgan fingerprint density at radius 1 is 0.469 bits per heavy atom. The van der Waals surface area contributed by atoms with Gasteiger partial charge in [0.05, 0.1) is 23.2 Å². The van der Waals surface area contributed by atoms with Crippen LogP contribution in [-0.2, 0) is 13.1 Å². The lowest BCUT2D eigenvalue weighted by molar-refractivity contribution is 0.0792. The van der Waals surface area contributed by atoms with Crippen LogP contribution in [0.4, 0.5) is 32.3 Å². The molecule has 18 heteroatoms. The summed E-state index contributed by atoms with van der Waals surface area (Å²) in [6, 6.07) is 57.3. The molecule has 0 atom stereocenters. The van der Waals surface area contributed by atoms with Crippen LogP contribution >= 0.6 is 0 Å². The number of aliphatic hydroxyl groups is 2. The van der Waals surface area contributed by atoms with Crippen LogP contribution < -0.4 is 41.4 Å². The normalized spacial score (nSPS) is 13.9. The highest BCUT2D eigenvalue weighted by atomic mass is 16.5. The second-order valence-corrected chi connectivity index (χ2v) is 25.2. The van der Waals surface area contributed by atoms with Crippen molar-refractivity contribution in [3.63, 3.8) is 0 Å². The van der Waals surface area contributed by atoms with Crippen LogP contribution in [0.25, 0.3) is 33.2 Å². The Kier molecular flexibility index (Phi) is 21.9. The molecule has 496 valence electrons. The van der Waals surface area contributed by atoms with Crippen LogP contribution in [-0.4, -0.2) is 103 Å². The standard InChI is InChI=1S/C40H45N5O4.C38H41N5O4/c1-4-30(5-2)42-40(48)43-31-12-17-35(18-13-31)49-38-19-14-32(24-27(38)3)41-39(47)28-10-15-33(16-11-28)45-26-29(36-8-6-7-9-37(36)45)25-44-22-20-34(46)21-23-44;1-25(2)39-38(46)41-29-10-15-33(16-11-29)47-36-17-12-30(22-26(36)3)40-37(45)27-8-13-31(14-9-27)43-24-28(34-6-4-5-7-35(34)43)23-42-20-18-32(44)19-21-42/h6-19,24,26,30,34,46H,4-5,20-23,25H2,1-3H3,(H,41,47)(H2,42,43,48);4-17,22,24-25,32,44H,18-21,23H2,1-3H3,(H,40,45)(H2,39,41,46). The van der Waals surface area contributed by atoms with Gasteiger partial charge in [0, 0.05) is 120 Å². The summed E-state index contributed by atoms with van der Waals surface area (Å²) in [6.45, 7) is 17.0. The van der Waals surface area contributed by atoms with Gasteiger partial charge in [0.1, 0.15) is 23.0 Å². The van der Waals surface area contributed by atoms with E-state index in [1.807, 2.05) is 137 Å². The van der Waals surface area contributed by atoms with Crippen LogP contribution in [0.2, 0.25) is 0 Å². The molecule has 10 aromatic rings. The highest BCUT2D eigenvalue weighted by Gasteiger charge is 2.22. The number of ether oxygens (including phenoxy) is 2. The molecule has 0 unspecified atom stereocenters. The molecule has 0 saturated carbocycles. The van der Waals surface area contributed by atoms with Crippen molar-refractivity contribution in [2.45, 2.75) is 117 Å². The number of piperidine rings is 2. The number of para-hydroxylation sites is 2. The van der Waals surface area contributed by atoms with Crippen LogP contribution in [0.5, 0.6) is 23.0 Å². The molecule has 12 rings (SSSR count). The summed E-state index contributed by atoms with van der Waals surface area (Å²) in [4.78, 5) is 55.4. The topological polar surface area (TPSA) is 216 Å². The number of carbonyl (C=O) groups excluding carboxylic acids is 4. The van der Waals surface area contributed by atoms with E-state index in [4.69, 9.17) is 9.47 Å². The molecule has 18 nitrogen and oxygen atoms in total. The van der Waals surface area contributed by atoms with Crippen molar-refractivity contribution in [2.24, 2.45) is 0 Å². The summed E-state index contributed by atoms with van der Waals surface area (Å²) in [5.41, 5.74) is 12.3. The molecule has 2 aliphatic rings. The van der Waals surface area contributed by atoms with Crippen LogP contribution in [0.15, 0.2) is 194 Å². The molecule has 8 N–H and O–H groups in total. The molecule has 2 aromatic heterocycles. The zero-order valence-electron chi connectivity index (χ0n) is 55.4. The van der Waals surface area contributed by atoms with Crippen molar-refractivity contribution >= 4 is 68.4 Å².